The number of hydrogen-bond acceptors (Lipinski definition) is 5. The van der Waals surface area contributed by atoms with Gasteiger partial charge >= 0.3 is 11.9 Å². The maximum atomic E-state index is 13.0. The fourth-order valence-electron chi connectivity index (χ4n) is 1.29. The van der Waals surface area contributed by atoms with Gasteiger partial charge in [-0.15, -0.1) is 10.2 Å². The molecular formula is C11H8F2N2O3. The van der Waals surface area contributed by atoms with Crippen molar-refractivity contribution in [3.8, 4) is 11.5 Å². The van der Waals surface area contributed by atoms with E-state index in [1.165, 1.54) is 0 Å². The lowest BCUT2D eigenvalue weighted by molar-refractivity contribution is 0.0481. The highest BCUT2D eigenvalue weighted by atomic mass is 19.1. The van der Waals surface area contributed by atoms with Gasteiger partial charge in [0.05, 0.1) is 6.61 Å². The number of rotatable bonds is 3. The average Bonchev–Trinajstić information content (AvgIpc) is 2.77. The van der Waals surface area contributed by atoms with E-state index < -0.39 is 17.6 Å². The molecule has 0 aliphatic rings. The van der Waals surface area contributed by atoms with Crippen molar-refractivity contribution in [1.29, 1.82) is 0 Å². The Hall–Kier alpha value is -2.31. The predicted octanol–water partition coefficient (Wildman–Crippen LogP) is 2.19. The molecule has 0 radical (unpaired) electrons. The molecule has 0 saturated heterocycles. The van der Waals surface area contributed by atoms with Crippen LogP contribution in [-0.4, -0.2) is 22.8 Å². The summed E-state index contributed by atoms with van der Waals surface area (Å²) in [7, 11) is 0. The molecule has 1 heterocycles. The summed E-state index contributed by atoms with van der Waals surface area (Å²) in [4.78, 5) is 11.3. The lowest BCUT2D eigenvalue weighted by Crippen LogP contribution is -2.04. The van der Waals surface area contributed by atoms with Gasteiger partial charge in [-0.1, -0.05) is 0 Å². The molecule has 1 aromatic carbocycles. The van der Waals surface area contributed by atoms with Crippen LogP contribution in [0.3, 0.4) is 0 Å². The van der Waals surface area contributed by atoms with Gasteiger partial charge in [-0.25, -0.2) is 13.6 Å². The Labute approximate surface area is 100 Å². The molecule has 0 atom stereocenters. The topological polar surface area (TPSA) is 65.2 Å². The van der Waals surface area contributed by atoms with Crippen LogP contribution in [0.4, 0.5) is 8.78 Å². The summed E-state index contributed by atoms with van der Waals surface area (Å²) in [5.74, 6) is -2.86. The van der Waals surface area contributed by atoms with E-state index in [2.05, 4.69) is 14.9 Å². The summed E-state index contributed by atoms with van der Waals surface area (Å²) in [6.07, 6.45) is 0. The molecule has 18 heavy (non-hydrogen) atoms. The zero-order chi connectivity index (χ0) is 13.1. The summed E-state index contributed by atoms with van der Waals surface area (Å²) in [6.45, 7) is 1.78. The minimum absolute atomic E-state index is 0.0514. The van der Waals surface area contributed by atoms with E-state index in [0.29, 0.717) is 6.07 Å². The first kappa shape index (κ1) is 12.2. The fourth-order valence-corrected chi connectivity index (χ4v) is 1.29. The highest BCUT2D eigenvalue weighted by molar-refractivity contribution is 5.84. The highest BCUT2D eigenvalue weighted by Gasteiger charge is 2.17. The monoisotopic (exact) mass is 254 g/mol. The molecule has 0 unspecified atom stereocenters. The lowest BCUT2D eigenvalue weighted by Gasteiger charge is -1.96. The maximum Gasteiger partial charge on any atom is 0.396 e. The molecule has 94 valence electrons. The van der Waals surface area contributed by atoms with Gasteiger partial charge in [0, 0.05) is 11.6 Å². The molecule has 5 nitrogen and oxygen atoms in total. The first-order chi connectivity index (χ1) is 8.60. The van der Waals surface area contributed by atoms with Crippen molar-refractivity contribution in [1.82, 2.24) is 10.2 Å². The van der Waals surface area contributed by atoms with Gasteiger partial charge in [0.15, 0.2) is 0 Å². The Kier molecular flexibility index (Phi) is 3.31. The number of nitrogens with zero attached hydrogens (tertiary/aromatic N) is 2. The minimum atomic E-state index is -0.784. The smallest absolute Gasteiger partial charge is 0.396 e. The van der Waals surface area contributed by atoms with Crippen molar-refractivity contribution < 1.29 is 22.7 Å². The third-order valence-corrected chi connectivity index (χ3v) is 1.98. The SMILES string of the molecule is CCOC(=O)c1nnc(-c2cc(F)cc(F)c2)o1. The Balaban J connectivity index is 2.32. The third kappa shape index (κ3) is 2.50. The van der Waals surface area contributed by atoms with Crippen LogP contribution in [0.5, 0.6) is 0 Å². The van der Waals surface area contributed by atoms with E-state index in [-0.39, 0.29) is 24.0 Å². The largest absolute Gasteiger partial charge is 0.459 e. The molecule has 0 bridgehead atoms. The number of carbonyl (C=O) groups excluding carboxylic acids is 1. The van der Waals surface area contributed by atoms with Crippen molar-refractivity contribution in [2.75, 3.05) is 6.61 Å². The maximum absolute atomic E-state index is 13.0. The van der Waals surface area contributed by atoms with Gasteiger partial charge in [0.2, 0.25) is 5.89 Å². The average molecular weight is 254 g/mol. The van der Waals surface area contributed by atoms with Crippen molar-refractivity contribution in [2.24, 2.45) is 0 Å². The van der Waals surface area contributed by atoms with Gasteiger partial charge in [-0.05, 0) is 19.1 Å². The number of ether oxygens (including phenoxy) is 1. The van der Waals surface area contributed by atoms with Gasteiger partial charge in [0.25, 0.3) is 0 Å². The molecular weight excluding hydrogens is 246 g/mol. The van der Waals surface area contributed by atoms with Crippen LogP contribution >= 0.6 is 0 Å². The zero-order valence-electron chi connectivity index (χ0n) is 9.31. The minimum Gasteiger partial charge on any atom is -0.459 e. The number of aromatic nitrogens is 2. The van der Waals surface area contributed by atoms with Crippen LogP contribution in [0.15, 0.2) is 22.6 Å². The third-order valence-electron chi connectivity index (χ3n) is 1.98. The summed E-state index contributed by atoms with van der Waals surface area (Å²) in [6, 6.07) is 2.75. The molecule has 0 saturated carbocycles. The molecule has 2 aromatic rings. The standard InChI is InChI=1S/C11H8F2N2O3/c1-2-17-11(16)10-15-14-9(18-10)6-3-7(12)5-8(13)4-6/h3-5H,2H2,1H3. The first-order valence-electron chi connectivity index (χ1n) is 5.07. The number of esters is 1. The Morgan fingerprint density at radius 2 is 1.94 bits per heavy atom. The van der Waals surface area contributed by atoms with E-state index in [9.17, 15) is 13.6 Å². The Bertz CT molecular complexity index is 563. The van der Waals surface area contributed by atoms with E-state index >= 15 is 0 Å². The first-order valence-corrected chi connectivity index (χ1v) is 5.07. The zero-order valence-corrected chi connectivity index (χ0v) is 9.31. The van der Waals surface area contributed by atoms with Crippen molar-refractivity contribution in [3.05, 3.63) is 35.7 Å². The molecule has 0 N–H and O–H groups in total. The van der Waals surface area contributed by atoms with E-state index in [4.69, 9.17) is 4.42 Å². The lowest BCUT2D eigenvalue weighted by atomic mass is 10.2. The molecule has 0 amide bonds. The van der Waals surface area contributed by atoms with Crippen molar-refractivity contribution >= 4 is 5.97 Å². The fraction of sp³-hybridized carbons (Fsp3) is 0.182. The molecule has 0 aliphatic carbocycles. The van der Waals surface area contributed by atoms with Crippen LogP contribution in [0.2, 0.25) is 0 Å². The van der Waals surface area contributed by atoms with E-state index in [0.717, 1.165) is 12.1 Å². The highest BCUT2D eigenvalue weighted by Crippen LogP contribution is 2.20. The van der Waals surface area contributed by atoms with Gasteiger partial charge < -0.3 is 9.15 Å². The van der Waals surface area contributed by atoms with Crippen LogP contribution < -0.4 is 0 Å². The number of halogens is 2. The second kappa shape index (κ2) is 4.91. The predicted molar refractivity (Wildman–Crippen MR) is 55.6 cm³/mol. The van der Waals surface area contributed by atoms with Gasteiger partial charge in [-0.2, -0.15) is 0 Å². The normalized spacial score (nSPS) is 10.4. The molecule has 1 aromatic heterocycles. The quantitative estimate of drug-likeness (QED) is 0.785. The summed E-state index contributed by atoms with van der Waals surface area (Å²) >= 11 is 0. The molecule has 0 aliphatic heterocycles. The summed E-state index contributed by atoms with van der Waals surface area (Å²) < 4.78 is 35.6. The Morgan fingerprint density at radius 1 is 1.28 bits per heavy atom. The van der Waals surface area contributed by atoms with Crippen LogP contribution in [0.25, 0.3) is 11.5 Å². The summed E-state index contributed by atoms with van der Waals surface area (Å²) in [5.41, 5.74) is 0.0514. The second-order valence-electron chi connectivity index (χ2n) is 3.29. The van der Waals surface area contributed by atoms with Crippen LogP contribution in [0.1, 0.15) is 17.6 Å². The number of hydrogen-bond donors (Lipinski definition) is 0. The van der Waals surface area contributed by atoms with Crippen molar-refractivity contribution in [2.45, 2.75) is 6.92 Å². The molecule has 7 heteroatoms. The van der Waals surface area contributed by atoms with Gasteiger partial charge in [0.1, 0.15) is 11.6 Å². The van der Waals surface area contributed by atoms with Gasteiger partial charge in [-0.3, -0.25) is 0 Å². The van der Waals surface area contributed by atoms with Crippen LogP contribution in [0, 0.1) is 11.6 Å². The van der Waals surface area contributed by atoms with E-state index in [1.807, 2.05) is 0 Å². The second-order valence-corrected chi connectivity index (χ2v) is 3.29. The van der Waals surface area contributed by atoms with E-state index in [1.54, 1.807) is 6.92 Å². The van der Waals surface area contributed by atoms with Crippen LogP contribution in [-0.2, 0) is 4.74 Å². The summed E-state index contributed by atoms with van der Waals surface area (Å²) in [5, 5.41) is 6.96. The number of carbonyl (C=O) groups is 1. The molecule has 0 spiro atoms. The molecule has 0 fully saturated rings. The Morgan fingerprint density at radius 3 is 2.56 bits per heavy atom. The van der Waals surface area contributed by atoms with Crippen molar-refractivity contribution in [3.63, 3.8) is 0 Å². The number of benzene rings is 1. The molecule has 2 rings (SSSR count).